The predicted molar refractivity (Wildman–Crippen MR) is 126 cm³/mol. The number of hydrogen-bond acceptors (Lipinski definition) is 10. The first-order chi connectivity index (χ1) is 16.7. The minimum atomic E-state index is -1.82. The van der Waals surface area contributed by atoms with E-state index >= 15 is 0 Å². The zero-order chi connectivity index (χ0) is 27.8. The lowest BCUT2D eigenvalue weighted by Crippen LogP contribution is -2.40. The lowest BCUT2D eigenvalue weighted by atomic mass is 9.80. The van der Waals surface area contributed by atoms with Gasteiger partial charge in [-0.2, -0.15) is 0 Å². The van der Waals surface area contributed by atoms with Crippen LogP contribution in [-0.2, 0) is 28.7 Å². The van der Waals surface area contributed by atoms with Crippen molar-refractivity contribution in [3.05, 3.63) is 62.5 Å². The van der Waals surface area contributed by atoms with Crippen molar-refractivity contribution in [1.29, 1.82) is 0 Å². The fourth-order valence-electron chi connectivity index (χ4n) is 3.56. The lowest BCUT2D eigenvalue weighted by molar-refractivity contribution is -0.384. The van der Waals surface area contributed by atoms with Crippen molar-refractivity contribution in [2.24, 2.45) is 0 Å². The van der Waals surface area contributed by atoms with Crippen molar-refractivity contribution in [3.8, 4) is 0 Å². The van der Waals surface area contributed by atoms with Crippen molar-refractivity contribution in [2.45, 2.75) is 39.2 Å². The summed E-state index contributed by atoms with van der Waals surface area (Å²) in [5, 5.41) is 32.1. The molecule has 1 aromatic rings. The number of carbonyl (C=O) groups is 4. The number of nitro benzene ring substituents is 1. The number of allylic oxidation sites excluding steroid dienone is 2. The highest BCUT2D eigenvalue weighted by Gasteiger charge is 2.39. The maximum Gasteiger partial charge on any atom is 0.414 e. The number of nitrogens with zero attached hydrogens (tertiary/aromatic N) is 1. The number of aliphatic carboxylic acids is 2. The largest absolute Gasteiger partial charge is 0.473 e. The molecule has 1 aliphatic heterocycles. The van der Waals surface area contributed by atoms with Gasteiger partial charge in [-0.05, 0) is 40.3 Å². The highest BCUT2D eigenvalue weighted by molar-refractivity contribution is 6.27. The van der Waals surface area contributed by atoms with Crippen LogP contribution in [0.4, 0.5) is 5.69 Å². The van der Waals surface area contributed by atoms with Gasteiger partial charge in [0, 0.05) is 30.1 Å². The van der Waals surface area contributed by atoms with Crippen LogP contribution < -0.4 is 10.6 Å². The van der Waals surface area contributed by atoms with Gasteiger partial charge in [0.2, 0.25) is 0 Å². The van der Waals surface area contributed by atoms with Crippen LogP contribution in [0, 0.1) is 10.1 Å². The Kier molecular flexibility index (Phi) is 10.3. The van der Waals surface area contributed by atoms with Crippen LogP contribution in [0.2, 0.25) is 0 Å². The number of dihydropyridines is 1. The van der Waals surface area contributed by atoms with E-state index in [2.05, 4.69) is 10.6 Å². The van der Waals surface area contributed by atoms with E-state index in [4.69, 9.17) is 29.3 Å². The number of ether oxygens (including phenoxy) is 2. The molecule has 0 amide bonds. The molecule has 0 unspecified atom stereocenters. The maximum absolute atomic E-state index is 13.2. The molecule has 0 saturated carbocycles. The number of likely N-dealkylation sites (N-methyl/N-ethyl adjacent to an activating group) is 1. The second-order valence-electron chi connectivity index (χ2n) is 8.27. The molecule has 1 atom stereocenters. The van der Waals surface area contributed by atoms with Gasteiger partial charge in [-0.3, -0.25) is 10.1 Å². The molecular weight excluding hydrogens is 478 g/mol. The first-order valence-corrected chi connectivity index (χ1v) is 10.5. The van der Waals surface area contributed by atoms with Crippen LogP contribution >= 0.6 is 0 Å². The van der Waals surface area contributed by atoms with Gasteiger partial charge in [0.1, 0.15) is 5.60 Å². The second-order valence-corrected chi connectivity index (χ2v) is 8.27. The second kappa shape index (κ2) is 12.4. The number of carboxylic acids is 2. The van der Waals surface area contributed by atoms with Gasteiger partial charge < -0.3 is 30.3 Å². The minimum absolute atomic E-state index is 0.145. The Labute approximate surface area is 206 Å². The molecule has 196 valence electrons. The van der Waals surface area contributed by atoms with Gasteiger partial charge in [-0.1, -0.05) is 12.1 Å². The van der Waals surface area contributed by atoms with Crippen molar-refractivity contribution in [2.75, 3.05) is 20.7 Å². The van der Waals surface area contributed by atoms with Crippen LogP contribution in [-0.4, -0.2) is 65.3 Å². The number of non-ortho nitro benzene ring substituents is 1. The SMILES string of the molecule is CNCC(C)(C)OC(=O)C1=C(C)NC(C)=C(C(=O)OC)[C@H]1c1cccc([N+](=O)[O-])c1.O=C(O)C(=O)O. The first-order valence-electron chi connectivity index (χ1n) is 10.5. The molecule has 0 radical (unpaired) electrons. The number of nitrogens with one attached hydrogen (secondary N) is 2. The third-order valence-electron chi connectivity index (χ3n) is 4.95. The van der Waals surface area contributed by atoms with Crippen LogP contribution in [0.5, 0.6) is 0 Å². The molecule has 0 spiro atoms. The van der Waals surface area contributed by atoms with E-state index in [1.807, 2.05) is 0 Å². The summed E-state index contributed by atoms with van der Waals surface area (Å²) in [6.07, 6.45) is 0. The van der Waals surface area contributed by atoms with Crippen LogP contribution in [0.3, 0.4) is 0 Å². The van der Waals surface area contributed by atoms with Crippen LogP contribution in [0.15, 0.2) is 46.8 Å². The number of rotatable bonds is 7. The molecular formula is C23H29N3O10. The number of esters is 2. The Balaban J connectivity index is 0.000000960. The van der Waals surface area contributed by atoms with E-state index in [9.17, 15) is 19.7 Å². The average molecular weight is 507 g/mol. The van der Waals surface area contributed by atoms with E-state index in [1.54, 1.807) is 40.8 Å². The maximum atomic E-state index is 13.2. The van der Waals surface area contributed by atoms with Gasteiger partial charge in [0.05, 0.1) is 29.1 Å². The molecule has 2 rings (SSSR count). The summed E-state index contributed by atoms with van der Waals surface area (Å²) in [6, 6.07) is 5.86. The molecule has 0 bridgehead atoms. The van der Waals surface area contributed by atoms with Gasteiger partial charge >= 0.3 is 23.9 Å². The highest BCUT2D eigenvalue weighted by atomic mass is 16.6. The highest BCUT2D eigenvalue weighted by Crippen LogP contribution is 2.40. The van der Waals surface area contributed by atoms with Gasteiger partial charge in [-0.15, -0.1) is 0 Å². The Morgan fingerprint density at radius 1 is 1.08 bits per heavy atom. The predicted octanol–water partition coefficient (Wildman–Crippen LogP) is 1.70. The zero-order valence-corrected chi connectivity index (χ0v) is 20.7. The minimum Gasteiger partial charge on any atom is -0.473 e. The molecule has 0 fully saturated rings. The Bertz CT molecular complexity index is 1110. The molecule has 0 saturated heterocycles. The van der Waals surface area contributed by atoms with Crippen LogP contribution in [0.1, 0.15) is 39.2 Å². The van der Waals surface area contributed by atoms with Gasteiger partial charge in [0.15, 0.2) is 0 Å². The molecule has 1 aliphatic rings. The summed E-state index contributed by atoms with van der Waals surface area (Å²) in [6.45, 7) is 7.33. The quantitative estimate of drug-likeness (QED) is 0.181. The summed E-state index contributed by atoms with van der Waals surface area (Å²) >= 11 is 0. The summed E-state index contributed by atoms with van der Waals surface area (Å²) in [5.41, 5.74) is 0.863. The Morgan fingerprint density at radius 2 is 1.61 bits per heavy atom. The van der Waals surface area contributed by atoms with E-state index in [0.717, 1.165) is 0 Å². The topological polar surface area (TPSA) is 194 Å². The molecule has 0 aromatic heterocycles. The van der Waals surface area contributed by atoms with E-state index in [-0.39, 0.29) is 16.8 Å². The number of carbonyl (C=O) groups excluding carboxylic acids is 2. The van der Waals surface area contributed by atoms with E-state index < -0.39 is 40.3 Å². The molecule has 4 N–H and O–H groups in total. The average Bonchev–Trinajstić information content (AvgIpc) is 2.77. The number of nitro groups is 1. The number of carboxylic acid groups (broad SMARTS) is 2. The fraction of sp³-hybridized carbons (Fsp3) is 0.391. The van der Waals surface area contributed by atoms with E-state index in [0.29, 0.717) is 23.5 Å². The third kappa shape index (κ3) is 7.63. The summed E-state index contributed by atoms with van der Waals surface area (Å²) in [4.78, 5) is 54.8. The third-order valence-corrected chi connectivity index (χ3v) is 4.95. The van der Waals surface area contributed by atoms with Crippen LogP contribution in [0.25, 0.3) is 0 Å². The smallest absolute Gasteiger partial charge is 0.414 e. The van der Waals surface area contributed by atoms with Gasteiger partial charge in [0.25, 0.3) is 5.69 Å². The molecule has 1 aromatic carbocycles. The molecule has 0 aliphatic carbocycles. The number of methoxy groups -OCH3 is 1. The zero-order valence-electron chi connectivity index (χ0n) is 20.7. The molecule has 1 heterocycles. The normalized spacial score (nSPS) is 15.2. The lowest BCUT2D eigenvalue weighted by Gasteiger charge is -2.32. The van der Waals surface area contributed by atoms with Crippen molar-refractivity contribution in [3.63, 3.8) is 0 Å². The number of hydrogen-bond donors (Lipinski definition) is 4. The summed E-state index contributed by atoms with van der Waals surface area (Å²) in [7, 11) is 2.99. The Morgan fingerprint density at radius 3 is 2.06 bits per heavy atom. The van der Waals surface area contributed by atoms with E-state index in [1.165, 1.54) is 25.3 Å². The first kappa shape index (κ1) is 29.8. The molecule has 13 nitrogen and oxygen atoms in total. The number of benzene rings is 1. The van der Waals surface area contributed by atoms with Crippen molar-refractivity contribution in [1.82, 2.24) is 10.6 Å². The monoisotopic (exact) mass is 507 g/mol. The van der Waals surface area contributed by atoms with Gasteiger partial charge in [-0.25, -0.2) is 19.2 Å². The Hall–Kier alpha value is -4.26. The summed E-state index contributed by atoms with van der Waals surface area (Å²) < 4.78 is 10.6. The molecule has 13 heteroatoms. The fourth-order valence-corrected chi connectivity index (χ4v) is 3.56. The standard InChI is InChI=1S/C21H27N3O6.C2H2O4/c1-12-16(19(25)29-6)18(14-8-7-9-15(10-14)24(27)28)17(13(2)23-12)20(26)30-21(3,4)11-22-5;3-1(4)2(5)6/h7-10,18,22-23H,11H2,1-6H3;(H,3,4)(H,5,6)/t18-;/m1./s1. The summed E-state index contributed by atoms with van der Waals surface area (Å²) in [5.74, 6) is -5.78. The molecule has 36 heavy (non-hydrogen) atoms. The van der Waals surface area contributed by atoms with Crippen molar-refractivity contribution >= 4 is 29.6 Å². The van der Waals surface area contributed by atoms with Crippen molar-refractivity contribution < 1.29 is 43.8 Å².